The van der Waals surface area contributed by atoms with Gasteiger partial charge in [0.2, 0.25) is 0 Å². The van der Waals surface area contributed by atoms with Gasteiger partial charge < -0.3 is 0 Å². The van der Waals surface area contributed by atoms with E-state index in [9.17, 15) is 0 Å². The van der Waals surface area contributed by atoms with E-state index in [1.807, 2.05) is 0 Å². The molecule has 0 rings (SSSR count). The van der Waals surface area contributed by atoms with Crippen LogP contribution < -0.4 is 0 Å². The quantitative estimate of drug-likeness (QED) is 0.569. The molecule has 0 aromatic rings. The van der Waals surface area contributed by atoms with E-state index in [-0.39, 0.29) is 0 Å². The summed E-state index contributed by atoms with van der Waals surface area (Å²) in [5.41, 5.74) is 0. The summed E-state index contributed by atoms with van der Waals surface area (Å²) < 4.78 is 0. The van der Waals surface area contributed by atoms with Crippen LogP contribution in [0.2, 0.25) is 0 Å². The third kappa shape index (κ3) is 153. The number of halogens is 3. The number of rotatable bonds is 0. The molecular formula is C4H11Cl3Ge. The predicted octanol–water partition coefficient (Wildman–Crippen LogP) is 3.08. The average Bonchev–Trinajstić information content (AvgIpc) is 1.25. The molecule has 0 bridgehead atoms. The van der Waals surface area contributed by atoms with Crippen LogP contribution in [0.25, 0.3) is 0 Å². The summed E-state index contributed by atoms with van der Waals surface area (Å²) in [4.78, 5) is 0. The zero-order valence-corrected chi connectivity index (χ0v) is 9.98. The molecule has 0 aromatic heterocycles. The van der Waals surface area contributed by atoms with Crippen molar-refractivity contribution < 1.29 is 0 Å². The standard InChI is InChI=1S/C4H10.Cl3GeH/c2*1-4(2)3/h4H,1-3H3;4H. The van der Waals surface area contributed by atoms with E-state index in [1.165, 1.54) is 0 Å². The number of hydrogen-bond donors (Lipinski definition) is 0. The molecule has 0 aliphatic carbocycles. The average molecular weight is 238 g/mol. The van der Waals surface area contributed by atoms with Gasteiger partial charge in [-0.1, -0.05) is 20.8 Å². The fourth-order valence-corrected chi connectivity index (χ4v) is 0. The van der Waals surface area contributed by atoms with Crippen LogP contribution in [0.3, 0.4) is 0 Å². The van der Waals surface area contributed by atoms with Crippen molar-refractivity contribution in [2.75, 3.05) is 0 Å². The molecule has 0 fully saturated rings. The van der Waals surface area contributed by atoms with Crippen LogP contribution in [0.15, 0.2) is 0 Å². The van der Waals surface area contributed by atoms with Crippen molar-refractivity contribution in [1.29, 1.82) is 0 Å². The molecule has 0 radical (unpaired) electrons. The van der Waals surface area contributed by atoms with Gasteiger partial charge in [0.05, 0.1) is 0 Å². The van der Waals surface area contributed by atoms with Gasteiger partial charge in [-0.25, -0.2) is 0 Å². The van der Waals surface area contributed by atoms with E-state index in [0.29, 0.717) is 0 Å². The van der Waals surface area contributed by atoms with Crippen molar-refractivity contribution in [3.8, 4) is 0 Å². The van der Waals surface area contributed by atoms with E-state index in [4.69, 9.17) is 30.0 Å². The van der Waals surface area contributed by atoms with Crippen LogP contribution in [0.1, 0.15) is 20.8 Å². The molecule has 0 aliphatic rings. The Hall–Kier alpha value is 1.41. The Morgan fingerprint density at radius 1 is 1.00 bits per heavy atom. The first-order chi connectivity index (χ1) is 3.46. The first kappa shape index (κ1) is 12.1. The summed E-state index contributed by atoms with van der Waals surface area (Å²) in [5.74, 6) is 0.833. The van der Waals surface area contributed by atoms with E-state index in [0.717, 1.165) is 5.92 Å². The summed E-state index contributed by atoms with van der Waals surface area (Å²) in [7, 11) is 15.0. The van der Waals surface area contributed by atoms with Gasteiger partial charge in [-0.05, 0) is 5.92 Å². The van der Waals surface area contributed by atoms with Gasteiger partial charge in [0.15, 0.2) is 0 Å². The van der Waals surface area contributed by atoms with E-state index in [2.05, 4.69) is 20.8 Å². The molecule has 0 saturated carbocycles. The molecule has 0 saturated heterocycles. The zero-order chi connectivity index (χ0) is 7.15. The second kappa shape index (κ2) is 8.41. The molecular weight excluding hydrogens is 227 g/mol. The summed E-state index contributed by atoms with van der Waals surface area (Å²) >= 11 is -2.06. The molecule has 8 heavy (non-hydrogen) atoms. The monoisotopic (exact) mass is 238 g/mol. The maximum absolute atomic E-state index is 4.99. The topological polar surface area (TPSA) is 0 Å². The fourth-order valence-electron chi connectivity index (χ4n) is 0. The van der Waals surface area contributed by atoms with Gasteiger partial charge >= 0.3 is 41.6 Å². The predicted molar refractivity (Wildman–Crippen MR) is 45.2 cm³/mol. The normalized spacial score (nSPS) is 9.00. The van der Waals surface area contributed by atoms with Crippen LogP contribution in [-0.4, -0.2) is 11.6 Å². The van der Waals surface area contributed by atoms with E-state index in [1.54, 1.807) is 0 Å². The molecule has 0 atom stereocenters. The molecule has 0 N–H and O–H groups in total. The van der Waals surface area contributed by atoms with E-state index < -0.39 is 11.6 Å². The van der Waals surface area contributed by atoms with Crippen molar-refractivity contribution in [3.05, 3.63) is 0 Å². The molecule has 4 heteroatoms. The Bertz CT molecular complexity index is 26.8. The molecule has 0 unspecified atom stereocenters. The van der Waals surface area contributed by atoms with Gasteiger partial charge in [-0.3, -0.25) is 0 Å². The molecule has 0 heterocycles. The van der Waals surface area contributed by atoms with Gasteiger partial charge in [0.1, 0.15) is 0 Å². The van der Waals surface area contributed by atoms with Crippen molar-refractivity contribution in [2.45, 2.75) is 20.8 Å². The van der Waals surface area contributed by atoms with Gasteiger partial charge in [0, 0.05) is 0 Å². The second-order valence-corrected chi connectivity index (χ2v) is 13.3. The Balaban J connectivity index is 0. The molecule has 0 aliphatic heterocycles. The molecule has 52 valence electrons. The van der Waals surface area contributed by atoms with Crippen molar-refractivity contribution in [1.82, 2.24) is 0 Å². The summed E-state index contributed by atoms with van der Waals surface area (Å²) in [6.07, 6.45) is 0. The van der Waals surface area contributed by atoms with Gasteiger partial charge in [-0.2, -0.15) is 0 Å². The number of hydrogen-bond acceptors (Lipinski definition) is 0. The SMILES string of the molecule is CC(C)C.[Cl][GeH]([Cl])[Cl]. The third-order valence-corrected chi connectivity index (χ3v) is 0. The van der Waals surface area contributed by atoms with Crippen LogP contribution in [0.4, 0.5) is 0 Å². The summed E-state index contributed by atoms with van der Waals surface area (Å²) in [6, 6.07) is 0. The zero-order valence-electron chi connectivity index (χ0n) is 5.29. The van der Waals surface area contributed by atoms with Crippen LogP contribution >= 0.6 is 30.0 Å². The first-order valence-corrected chi connectivity index (χ1v) is 11.9. The molecule has 0 amide bonds. The van der Waals surface area contributed by atoms with Crippen LogP contribution in [-0.2, 0) is 0 Å². The molecule has 0 spiro atoms. The maximum atomic E-state index is 4.99. The van der Waals surface area contributed by atoms with Crippen LogP contribution in [0, 0.1) is 5.92 Å². The fraction of sp³-hybridized carbons (Fsp3) is 1.00. The minimum absolute atomic E-state index is 0.833. The summed E-state index contributed by atoms with van der Waals surface area (Å²) in [6.45, 7) is 6.50. The van der Waals surface area contributed by atoms with Gasteiger partial charge in [0.25, 0.3) is 0 Å². The Labute approximate surface area is 68.2 Å². The van der Waals surface area contributed by atoms with Gasteiger partial charge in [-0.15, -0.1) is 0 Å². The molecule has 0 aromatic carbocycles. The Morgan fingerprint density at radius 2 is 1.00 bits per heavy atom. The minimum atomic E-state index is -2.06. The van der Waals surface area contributed by atoms with Crippen molar-refractivity contribution >= 4 is 41.6 Å². The Morgan fingerprint density at radius 3 is 1.00 bits per heavy atom. The van der Waals surface area contributed by atoms with Crippen LogP contribution in [0.5, 0.6) is 0 Å². The van der Waals surface area contributed by atoms with Crippen molar-refractivity contribution in [2.24, 2.45) is 5.92 Å². The van der Waals surface area contributed by atoms with Crippen molar-refractivity contribution in [3.63, 3.8) is 0 Å². The third-order valence-electron chi connectivity index (χ3n) is 0. The Kier molecular flexibility index (Phi) is 12.7. The second-order valence-electron chi connectivity index (χ2n) is 1.98. The first-order valence-electron chi connectivity index (χ1n) is 2.39. The molecule has 0 nitrogen and oxygen atoms in total. The van der Waals surface area contributed by atoms with E-state index >= 15 is 0 Å². The summed E-state index contributed by atoms with van der Waals surface area (Å²) in [5, 5.41) is 0.